The van der Waals surface area contributed by atoms with E-state index < -0.39 is 29.1 Å². The van der Waals surface area contributed by atoms with Gasteiger partial charge in [-0.2, -0.15) is 0 Å². The lowest BCUT2D eigenvalue weighted by Gasteiger charge is -2.31. The Balaban J connectivity index is 1.46. The van der Waals surface area contributed by atoms with Gasteiger partial charge in [-0.05, 0) is 92.9 Å². The van der Waals surface area contributed by atoms with Crippen LogP contribution in [0.2, 0.25) is 0 Å². The zero-order chi connectivity index (χ0) is 36.3. The number of ether oxygens (including phenoxy) is 4. The third-order valence-electron chi connectivity index (χ3n) is 7.98. The number of benzene rings is 4. The van der Waals surface area contributed by atoms with E-state index in [2.05, 4.69) is 23.0 Å². The number of nitrogens with one attached hydrogen (secondary N) is 2. The molecule has 1 aliphatic rings. The smallest absolute Gasteiger partial charge is 0.306 e. The van der Waals surface area contributed by atoms with Crippen LogP contribution < -0.4 is 20.3 Å². The number of aliphatic imine (C=N–C) groups is 1. The molecule has 4 aromatic carbocycles. The van der Waals surface area contributed by atoms with E-state index in [4.69, 9.17) is 29.0 Å². The molecule has 0 saturated heterocycles. The van der Waals surface area contributed by atoms with Crippen molar-refractivity contribution in [3.63, 3.8) is 0 Å². The molecule has 0 spiro atoms. The van der Waals surface area contributed by atoms with Crippen molar-refractivity contribution < 1.29 is 33.6 Å². The lowest BCUT2D eigenvalue weighted by atomic mass is 9.83. The largest absolute Gasteiger partial charge is 0.497 e. The van der Waals surface area contributed by atoms with Crippen molar-refractivity contribution in [3.05, 3.63) is 120 Å². The van der Waals surface area contributed by atoms with Crippen molar-refractivity contribution in [3.8, 4) is 11.5 Å². The predicted molar refractivity (Wildman–Crippen MR) is 197 cm³/mol. The first-order valence-electron chi connectivity index (χ1n) is 16.9. The van der Waals surface area contributed by atoms with Gasteiger partial charge in [0, 0.05) is 41.3 Å². The van der Waals surface area contributed by atoms with Gasteiger partial charge in [-0.15, -0.1) is 0 Å². The zero-order valence-electron chi connectivity index (χ0n) is 29.4. The quantitative estimate of drug-likeness (QED) is 0.0653. The van der Waals surface area contributed by atoms with Crippen LogP contribution in [0, 0.1) is 0 Å². The second-order valence-corrected chi connectivity index (χ2v) is 14.1. The summed E-state index contributed by atoms with van der Waals surface area (Å²) >= 11 is 1.64. The highest BCUT2D eigenvalue weighted by Crippen LogP contribution is 2.44. The molecule has 0 radical (unpaired) electrons. The fourth-order valence-electron chi connectivity index (χ4n) is 5.55. The molecule has 0 aliphatic carbocycles. The summed E-state index contributed by atoms with van der Waals surface area (Å²) in [6.45, 7) is 6.16. The summed E-state index contributed by atoms with van der Waals surface area (Å²) in [6, 6.07) is 32.5. The van der Waals surface area contributed by atoms with Crippen molar-refractivity contribution in [1.82, 2.24) is 10.9 Å². The Kier molecular flexibility index (Phi) is 12.8. The molecular weight excluding hydrogens is 667 g/mol. The molecular formula is C40H45N3O7S. The van der Waals surface area contributed by atoms with Gasteiger partial charge in [0.05, 0.1) is 13.7 Å². The Bertz CT molecular complexity index is 1790. The highest BCUT2D eigenvalue weighted by Gasteiger charge is 2.53. The van der Waals surface area contributed by atoms with Gasteiger partial charge in [-0.1, -0.05) is 60.3 Å². The van der Waals surface area contributed by atoms with Crippen molar-refractivity contribution in [2.45, 2.75) is 73.6 Å². The number of amides is 1. The monoisotopic (exact) mass is 711 g/mol. The van der Waals surface area contributed by atoms with E-state index in [0.29, 0.717) is 42.2 Å². The van der Waals surface area contributed by atoms with Crippen LogP contribution in [0.1, 0.15) is 62.8 Å². The van der Waals surface area contributed by atoms with Gasteiger partial charge in [-0.25, -0.2) is 10.4 Å². The Hall–Kier alpha value is -4.84. The van der Waals surface area contributed by atoms with Crippen LogP contribution >= 0.6 is 11.8 Å². The average Bonchev–Trinajstić information content (AvgIpc) is 3.53. The fraction of sp³-hybridized carbons (Fsp3) is 0.325. The van der Waals surface area contributed by atoms with Crippen LogP contribution in [0.15, 0.2) is 118 Å². The van der Waals surface area contributed by atoms with E-state index in [0.717, 1.165) is 15.4 Å². The van der Waals surface area contributed by atoms with Gasteiger partial charge in [0.15, 0.2) is 11.6 Å². The lowest BCUT2D eigenvalue weighted by Crippen LogP contribution is -2.52. The molecule has 0 fully saturated rings. The SMILES string of the molecule is COc1cccc([C@@H]2OC(c3ccc(OCCCO)cc3)=N[C@]2(CCC(=O)OC(C)(C)C)C(=O)NNCc2ccccc2Sc2ccccc2)c1. The minimum absolute atomic E-state index is 0.00357. The summed E-state index contributed by atoms with van der Waals surface area (Å²) in [5.74, 6) is 0.534. The third kappa shape index (κ3) is 10.1. The number of esters is 1. The van der Waals surface area contributed by atoms with Gasteiger partial charge >= 0.3 is 5.97 Å². The van der Waals surface area contributed by atoms with E-state index in [1.165, 1.54) is 0 Å². The number of carbonyl (C=O) groups is 2. The van der Waals surface area contributed by atoms with E-state index in [9.17, 15) is 9.59 Å². The minimum atomic E-state index is -1.57. The average molecular weight is 712 g/mol. The number of aliphatic hydroxyl groups is 1. The topological polar surface area (TPSA) is 128 Å². The second kappa shape index (κ2) is 17.4. The molecule has 5 rings (SSSR count). The summed E-state index contributed by atoms with van der Waals surface area (Å²) in [6.07, 6.45) is -0.475. The number of rotatable bonds is 16. The molecule has 0 unspecified atom stereocenters. The first-order chi connectivity index (χ1) is 24.6. The first kappa shape index (κ1) is 37.4. The minimum Gasteiger partial charge on any atom is -0.497 e. The molecule has 2 atom stereocenters. The Morgan fingerprint density at radius 2 is 1.69 bits per heavy atom. The highest BCUT2D eigenvalue weighted by atomic mass is 32.2. The Morgan fingerprint density at radius 1 is 0.941 bits per heavy atom. The van der Waals surface area contributed by atoms with Crippen LogP contribution in [-0.2, 0) is 25.6 Å². The molecule has 4 aromatic rings. The predicted octanol–water partition coefficient (Wildman–Crippen LogP) is 6.81. The number of hydrogen-bond donors (Lipinski definition) is 3. The summed E-state index contributed by atoms with van der Waals surface area (Å²) in [4.78, 5) is 34.8. The summed E-state index contributed by atoms with van der Waals surface area (Å²) < 4.78 is 23.4. The number of hydrazine groups is 1. The van der Waals surface area contributed by atoms with E-state index in [-0.39, 0.29) is 25.3 Å². The summed E-state index contributed by atoms with van der Waals surface area (Å²) in [5, 5.41) is 9.10. The molecule has 51 heavy (non-hydrogen) atoms. The van der Waals surface area contributed by atoms with Gasteiger partial charge in [-0.3, -0.25) is 15.0 Å². The fourth-order valence-corrected chi connectivity index (χ4v) is 6.52. The molecule has 10 nitrogen and oxygen atoms in total. The zero-order valence-corrected chi connectivity index (χ0v) is 30.2. The molecule has 0 aromatic heterocycles. The molecule has 11 heteroatoms. The molecule has 1 aliphatic heterocycles. The Morgan fingerprint density at radius 3 is 2.41 bits per heavy atom. The molecule has 0 saturated carbocycles. The molecule has 1 heterocycles. The maximum atomic E-state index is 14.6. The Labute approximate surface area is 303 Å². The number of carbonyl (C=O) groups excluding carboxylic acids is 2. The standard InChI is InChI=1S/C40H45N3O7S/c1-39(2,3)50-35(45)22-23-40(38(46)43-41-27-30-12-8-9-17-34(30)51-33-15-6-5-7-16-33)36(29-13-10-14-32(26-29)47-4)49-37(42-40)28-18-20-31(21-19-28)48-25-11-24-44/h5-10,12-21,26,36,41,44H,11,22-25,27H2,1-4H3,(H,43,46)/t36-,40-/m0/s1. The maximum Gasteiger partial charge on any atom is 0.306 e. The maximum absolute atomic E-state index is 14.6. The van der Waals surface area contributed by atoms with Crippen LogP contribution in [0.5, 0.6) is 11.5 Å². The van der Waals surface area contributed by atoms with Crippen LogP contribution in [0.3, 0.4) is 0 Å². The molecule has 268 valence electrons. The van der Waals surface area contributed by atoms with Crippen LogP contribution in [0.4, 0.5) is 0 Å². The third-order valence-corrected chi connectivity index (χ3v) is 9.11. The number of aliphatic hydroxyl groups excluding tert-OH is 1. The van der Waals surface area contributed by atoms with Crippen molar-refractivity contribution in [2.24, 2.45) is 4.99 Å². The van der Waals surface area contributed by atoms with Crippen molar-refractivity contribution in [1.29, 1.82) is 0 Å². The van der Waals surface area contributed by atoms with E-state index in [1.807, 2.05) is 60.7 Å². The first-order valence-corrected chi connectivity index (χ1v) is 17.7. The van der Waals surface area contributed by atoms with Crippen LogP contribution in [-0.4, -0.2) is 54.3 Å². The lowest BCUT2D eigenvalue weighted by molar-refractivity contribution is -0.155. The molecule has 1 amide bonds. The number of hydrogen-bond acceptors (Lipinski definition) is 10. The second-order valence-electron chi connectivity index (χ2n) is 13.0. The van der Waals surface area contributed by atoms with Crippen molar-refractivity contribution in [2.75, 3.05) is 20.3 Å². The van der Waals surface area contributed by atoms with E-state index >= 15 is 0 Å². The van der Waals surface area contributed by atoms with Crippen LogP contribution in [0.25, 0.3) is 0 Å². The highest BCUT2D eigenvalue weighted by molar-refractivity contribution is 7.99. The van der Waals surface area contributed by atoms with Gasteiger partial charge in [0.2, 0.25) is 5.90 Å². The van der Waals surface area contributed by atoms with Crippen molar-refractivity contribution >= 4 is 29.5 Å². The molecule has 0 bridgehead atoms. The van der Waals surface area contributed by atoms with Gasteiger partial charge in [0.1, 0.15) is 17.1 Å². The van der Waals surface area contributed by atoms with E-state index in [1.54, 1.807) is 70.0 Å². The van der Waals surface area contributed by atoms with Gasteiger partial charge < -0.3 is 24.1 Å². The number of methoxy groups -OCH3 is 1. The number of nitrogens with zero attached hydrogens (tertiary/aromatic N) is 1. The molecule has 3 N–H and O–H groups in total. The summed E-state index contributed by atoms with van der Waals surface area (Å²) in [5.41, 5.74) is 6.03. The van der Waals surface area contributed by atoms with Gasteiger partial charge in [0.25, 0.3) is 5.91 Å². The normalized spacial score (nSPS) is 16.9. The summed E-state index contributed by atoms with van der Waals surface area (Å²) in [7, 11) is 1.57.